The van der Waals surface area contributed by atoms with Crippen molar-refractivity contribution < 1.29 is 14.3 Å². The van der Waals surface area contributed by atoms with Crippen molar-refractivity contribution in [1.29, 1.82) is 5.26 Å². The Morgan fingerprint density at radius 2 is 1.82 bits per heavy atom. The minimum Gasteiger partial charge on any atom is -0.465 e. The third-order valence-corrected chi connectivity index (χ3v) is 2.54. The molecule has 1 aromatic carbocycles. The van der Waals surface area contributed by atoms with Crippen LogP contribution in [0, 0.1) is 11.3 Å². The molecule has 0 aliphatic heterocycles. The zero-order valence-electron chi connectivity index (χ0n) is 13.1. The number of hydrogen-bond donors (Lipinski definition) is 2. The van der Waals surface area contributed by atoms with Crippen LogP contribution in [0.15, 0.2) is 36.0 Å². The normalized spacial score (nSPS) is 11.3. The van der Waals surface area contributed by atoms with E-state index < -0.39 is 5.97 Å². The van der Waals surface area contributed by atoms with E-state index >= 15 is 0 Å². The van der Waals surface area contributed by atoms with Gasteiger partial charge in [0, 0.05) is 23.0 Å². The summed E-state index contributed by atoms with van der Waals surface area (Å²) in [4.78, 5) is 23.2. The van der Waals surface area contributed by atoms with Crippen molar-refractivity contribution in [2.24, 2.45) is 0 Å². The largest absolute Gasteiger partial charge is 0.465 e. The molecule has 0 bridgehead atoms. The van der Waals surface area contributed by atoms with E-state index in [0.29, 0.717) is 11.3 Å². The smallest absolute Gasteiger partial charge is 0.350 e. The highest BCUT2D eigenvalue weighted by Crippen LogP contribution is 2.11. The zero-order valence-corrected chi connectivity index (χ0v) is 13.1. The van der Waals surface area contributed by atoms with E-state index in [1.54, 1.807) is 30.3 Å². The summed E-state index contributed by atoms with van der Waals surface area (Å²) in [5.41, 5.74) is 0.720. The second kappa shape index (κ2) is 7.27. The molecule has 0 heterocycles. The highest BCUT2D eigenvalue weighted by Gasteiger charge is 2.15. The van der Waals surface area contributed by atoms with Crippen LogP contribution in [0.25, 0.3) is 0 Å². The fraction of sp³-hybridized carbons (Fsp3) is 0.312. The second-order valence-corrected chi connectivity index (χ2v) is 5.59. The highest BCUT2D eigenvalue weighted by molar-refractivity contribution is 5.95. The Labute approximate surface area is 129 Å². The number of hydrogen-bond acceptors (Lipinski definition) is 5. The van der Waals surface area contributed by atoms with Gasteiger partial charge in [0.05, 0.1) is 7.11 Å². The molecule has 2 N–H and O–H groups in total. The number of methoxy groups -OCH3 is 1. The number of carbonyl (C=O) groups excluding carboxylic acids is 2. The maximum absolute atomic E-state index is 12.0. The van der Waals surface area contributed by atoms with Crippen LogP contribution in [-0.4, -0.2) is 24.5 Å². The van der Waals surface area contributed by atoms with Gasteiger partial charge in [0.15, 0.2) is 5.57 Å². The van der Waals surface area contributed by atoms with Crippen molar-refractivity contribution in [2.45, 2.75) is 26.3 Å². The van der Waals surface area contributed by atoms with Crippen molar-refractivity contribution in [2.75, 3.05) is 12.4 Å². The monoisotopic (exact) mass is 301 g/mol. The maximum Gasteiger partial charge on any atom is 0.350 e. The van der Waals surface area contributed by atoms with Crippen LogP contribution in [0.5, 0.6) is 0 Å². The summed E-state index contributed by atoms with van der Waals surface area (Å²) in [6.07, 6.45) is 1.26. The number of rotatable bonds is 4. The van der Waals surface area contributed by atoms with Gasteiger partial charge in [-0.25, -0.2) is 4.79 Å². The molecular formula is C16H19N3O3. The summed E-state index contributed by atoms with van der Waals surface area (Å²) >= 11 is 0. The molecule has 22 heavy (non-hydrogen) atoms. The van der Waals surface area contributed by atoms with Crippen molar-refractivity contribution in [3.63, 3.8) is 0 Å². The lowest BCUT2D eigenvalue weighted by Gasteiger charge is -2.20. The Morgan fingerprint density at radius 3 is 2.27 bits per heavy atom. The molecule has 6 nitrogen and oxygen atoms in total. The van der Waals surface area contributed by atoms with Crippen LogP contribution in [0.2, 0.25) is 0 Å². The number of nitrogens with zero attached hydrogens (tertiary/aromatic N) is 1. The second-order valence-electron chi connectivity index (χ2n) is 5.59. The number of anilines is 1. The summed E-state index contributed by atoms with van der Waals surface area (Å²) in [5, 5.41) is 14.5. The van der Waals surface area contributed by atoms with Gasteiger partial charge in [0.1, 0.15) is 6.07 Å². The van der Waals surface area contributed by atoms with Crippen molar-refractivity contribution in [3.8, 4) is 6.07 Å². The predicted octanol–water partition coefficient (Wildman–Crippen LogP) is 2.21. The van der Waals surface area contributed by atoms with Gasteiger partial charge in [-0.05, 0) is 45.0 Å². The van der Waals surface area contributed by atoms with E-state index in [4.69, 9.17) is 5.26 Å². The first-order valence-corrected chi connectivity index (χ1v) is 6.64. The molecule has 0 radical (unpaired) electrons. The number of ether oxygens (including phenoxy) is 1. The van der Waals surface area contributed by atoms with Gasteiger partial charge in [-0.1, -0.05) is 0 Å². The molecular weight excluding hydrogens is 282 g/mol. The Balaban J connectivity index is 2.78. The molecule has 0 atom stereocenters. The van der Waals surface area contributed by atoms with E-state index in [1.165, 1.54) is 13.3 Å². The fourth-order valence-corrected chi connectivity index (χ4v) is 1.53. The molecule has 0 aromatic heterocycles. The average Bonchev–Trinajstić information content (AvgIpc) is 2.46. The van der Waals surface area contributed by atoms with Crippen LogP contribution in [-0.2, 0) is 9.53 Å². The van der Waals surface area contributed by atoms with E-state index in [0.717, 1.165) is 0 Å². The Kier molecular flexibility index (Phi) is 5.70. The summed E-state index contributed by atoms with van der Waals surface area (Å²) in [7, 11) is 1.20. The first-order chi connectivity index (χ1) is 10.3. The van der Waals surface area contributed by atoms with Gasteiger partial charge in [0.25, 0.3) is 5.91 Å². The molecule has 0 fully saturated rings. The van der Waals surface area contributed by atoms with E-state index in [1.807, 2.05) is 20.8 Å². The molecule has 0 aliphatic carbocycles. The quantitative estimate of drug-likeness (QED) is 0.505. The predicted molar refractivity (Wildman–Crippen MR) is 83.0 cm³/mol. The molecule has 0 saturated heterocycles. The SMILES string of the molecule is COC(=O)/C(C#N)=C\Nc1ccc(C(=O)NC(C)(C)C)cc1. The van der Waals surface area contributed by atoms with E-state index in [-0.39, 0.29) is 17.0 Å². The number of carbonyl (C=O) groups is 2. The Morgan fingerprint density at radius 1 is 1.23 bits per heavy atom. The van der Waals surface area contributed by atoms with Crippen LogP contribution in [0.3, 0.4) is 0 Å². The fourth-order valence-electron chi connectivity index (χ4n) is 1.53. The van der Waals surface area contributed by atoms with Crippen molar-refractivity contribution in [1.82, 2.24) is 5.32 Å². The molecule has 0 unspecified atom stereocenters. The van der Waals surface area contributed by atoms with Crippen LogP contribution in [0.1, 0.15) is 31.1 Å². The molecule has 0 saturated carbocycles. The summed E-state index contributed by atoms with van der Waals surface area (Å²) in [6.45, 7) is 5.71. The Hall–Kier alpha value is -2.81. The molecule has 1 rings (SSSR count). The third-order valence-electron chi connectivity index (χ3n) is 2.54. The molecule has 116 valence electrons. The molecule has 1 amide bonds. The number of nitrogens with one attached hydrogen (secondary N) is 2. The number of benzene rings is 1. The van der Waals surface area contributed by atoms with Gasteiger partial charge in [0.2, 0.25) is 0 Å². The summed E-state index contributed by atoms with van der Waals surface area (Å²) in [5.74, 6) is -0.877. The topological polar surface area (TPSA) is 91.2 Å². The number of amides is 1. The lowest BCUT2D eigenvalue weighted by Crippen LogP contribution is -2.40. The van der Waals surface area contributed by atoms with E-state index in [9.17, 15) is 9.59 Å². The molecule has 0 aliphatic rings. The van der Waals surface area contributed by atoms with Crippen molar-refractivity contribution in [3.05, 3.63) is 41.6 Å². The summed E-state index contributed by atoms with van der Waals surface area (Å²) < 4.78 is 4.47. The van der Waals surface area contributed by atoms with Gasteiger partial charge < -0.3 is 15.4 Å². The average molecular weight is 301 g/mol. The van der Waals surface area contributed by atoms with Crippen molar-refractivity contribution >= 4 is 17.6 Å². The van der Waals surface area contributed by atoms with Gasteiger partial charge in [-0.2, -0.15) is 5.26 Å². The molecule has 6 heteroatoms. The highest BCUT2D eigenvalue weighted by atomic mass is 16.5. The van der Waals surface area contributed by atoms with Gasteiger partial charge in [-0.3, -0.25) is 4.79 Å². The number of nitriles is 1. The minimum atomic E-state index is -0.712. The third kappa shape index (κ3) is 5.29. The number of esters is 1. The lowest BCUT2D eigenvalue weighted by atomic mass is 10.1. The minimum absolute atomic E-state index is 0.142. The lowest BCUT2D eigenvalue weighted by molar-refractivity contribution is -0.135. The first-order valence-electron chi connectivity index (χ1n) is 6.64. The molecule has 0 spiro atoms. The summed E-state index contributed by atoms with van der Waals surface area (Å²) in [6, 6.07) is 8.41. The van der Waals surface area contributed by atoms with Crippen LogP contribution in [0.4, 0.5) is 5.69 Å². The maximum atomic E-state index is 12.0. The standard InChI is InChI=1S/C16H19N3O3/c1-16(2,3)19-14(20)11-5-7-13(8-6-11)18-10-12(9-17)15(21)22-4/h5-8,10,18H,1-4H3,(H,19,20)/b12-10-. The van der Waals surface area contributed by atoms with Crippen LogP contribution < -0.4 is 10.6 Å². The first kappa shape index (κ1) is 17.2. The van der Waals surface area contributed by atoms with Crippen LogP contribution >= 0.6 is 0 Å². The van der Waals surface area contributed by atoms with Gasteiger partial charge >= 0.3 is 5.97 Å². The Bertz CT molecular complexity index is 620. The van der Waals surface area contributed by atoms with Gasteiger partial charge in [-0.15, -0.1) is 0 Å². The molecule has 1 aromatic rings. The zero-order chi connectivity index (χ0) is 16.8. The van der Waals surface area contributed by atoms with E-state index in [2.05, 4.69) is 15.4 Å².